The molecule has 2 aliphatic rings. The van der Waals surface area contributed by atoms with Gasteiger partial charge in [0.15, 0.2) is 0 Å². The summed E-state index contributed by atoms with van der Waals surface area (Å²) in [6.07, 6.45) is 10.7. The van der Waals surface area contributed by atoms with Crippen LogP contribution in [0.3, 0.4) is 0 Å². The lowest BCUT2D eigenvalue weighted by atomic mass is 10.0. The van der Waals surface area contributed by atoms with Crippen molar-refractivity contribution in [3.8, 4) is 0 Å². The molecule has 2 fully saturated rings. The first-order valence-electron chi connectivity index (χ1n) is 8.06. The highest BCUT2D eigenvalue weighted by molar-refractivity contribution is 5.76. The van der Waals surface area contributed by atoms with E-state index in [9.17, 15) is 4.79 Å². The molecule has 3 rings (SSSR count). The van der Waals surface area contributed by atoms with Gasteiger partial charge in [0.2, 0.25) is 5.91 Å². The van der Waals surface area contributed by atoms with E-state index in [1.165, 1.54) is 6.42 Å². The van der Waals surface area contributed by atoms with Crippen molar-refractivity contribution >= 4 is 5.91 Å². The van der Waals surface area contributed by atoms with Gasteiger partial charge in [0.25, 0.3) is 0 Å². The van der Waals surface area contributed by atoms with Gasteiger partial charge < -0.3 is 9.64 Å². The van der Waals surface area contributed by atoms with E-state index in [0.29, 0.717) is 12.5 Å². The van der Waals surface area contributed by atoms with Gasteiger partial charge in [0, 0.05) is 26.1 Å². The van der Waals surface area contributed by atoms with Gasteiger partial charge >= 0.3 is 0 Å². The lowest BCUT2D eigenvalue weighted by Crippen LogP contribution is -2.41. The standard InChI is InChI=1S/C15H24N4O2/c20-15(7-6-14-5-1-2-9-21-14)18-8-3-4-13(10-18)19-12-16-11-17-19/h11-14H,1-10H2/t13-,14-/m1/s1. The highest BCUT2D eigenvalue weighted by Crippen LogP contribution is 2.22. The summed E-state index contributed by atoms with van der Waals surface area (Å²) in [5, 5.41) is 4.20. The highest BCUT2D eigenvalue weighted by atomic mass is 16.5. The molecule has 1 aromatic rings. The normalized spacial score (nSPS) is 26.8. The van der Waals surface area contributed by atoms with Crippen molar-refractivity contribution < 1.29 is 9.53 Å². The van der Waals surface area contributed by atoms with Gasteiger partial charge in [-0.15, -0.1) is 0 Å². The molecule has 6 heteroatoms. The summed E-state index contributed by atoms with van der Waals surface area (Å²) in [5.41, 5.74) is 0. The van der Waals surface area contributed by atoms with Crippen molar-refractivity contribution in [2.45, 2.75) is 57.1 Å². The predicted molar refractivity (Wildman–Crippen MR) is 77.7 cm³/mol. The number of hydrogen-bond donors (Lipinski definition) is 0. The Balaban J connectivity index is 1.47. The third kappa shape index (κ3) is 3.81. The maximum atomic E-state index is 12.4. The Morgan fingerprint density at radius 3 is 3.00 bits per heavy atom. The first-order valence-corrected chi connectivity index (χ1v) is 8.06. The Labute approximate surface area is 125 Å². The van der Waals surface area contributed by atoms with Crippen LogP contribution in [0.5, 0.6) is 0 Å². The molecule has 0 spiro atoms. The molecular weight excluding hydrogens is 268 g/mol. The van der Waals surface area contributed by atoms with Crippen LogP contribution >= 0.6 is 0 Å². The zero-order chi connectivity index (χ0) is 14.5. The molecule has 0 N–H and O–H groups in total. The fraction of sp³-hybridized carbons (Fsp3) is 0.800. The highest BCUT2D eigenvalue weighted by Gasteiger charge is 2.25. The number of aromatic nitrogens is 3. The van der Waals surface area contributed by atoms with E-state index < -0.39 is 0 Å². The molecule has 3 heterocycles. The first kappa shape index (κ1) is 14.5. The number of amides is 1. The van der Waals surface area contributed by atoms with E-state index in [1.807, 2.05) is 9.58 Å². The maximum Gasteiger partial charge on any atom is 0.222 e. The number of piperidine rings is 1. The summed E-state index contributed by atoms with van der Waals surface area (Å²) in [4.78, 5) is 18.4. The lowest BCUT2D eigenvalue weighted by molar-refractivity contribution is -0.134. The summed E-state index contributed by atoms with van der Waals surface area (Å²) in [7, 11) is 0. The smallest absolute Gasteiger partial charge is 0.222 e. The average Bonchev–Trinajstić information content (AvgIpc) is 3.08. The van der Waals surface area contributed by atoms with E-state index in [0.717, 1.165) is 51.8 Å². The second kappa shape index (κ2) is 7.02. The molecule has 2 atom stereocenters. The van der Waals surface area contributed by atoms with Crippen molar-refractivity contribution in [2.75, 3.05) is 19.7 Å². The number of carbonyl (C=O) groups is 1. The van der Waals surface area contributed by atoms with Crippen LogP contribution < -0.4 is 0 Å². The molecule has 2 aliphatic heterocycles. The maximum absolute atomic E-state index is 12.4. The van der Waals surface area contributed by atoms with Crippen molar-refractivity contribution in [3.05, 3.63) is 12.7 Å². The molecular formula is C15H24N4O2. The molecule has 0 aliphatic carbocycles. The van der Waals surface area contributed by atoms with Crippen LogP contribution in [0.1, 0.15) is 51.0 Å². The predicted octanol–water partition coefficient (Wildman–Crippen LogP) is 1.79. The van der Waals surface area contributed by atoms with Gasteiger partial charge in [-0.05, 0) is 38.5 Å². The molecule has 0 radical (unpaired) electrons. The number of nitrogens with zero attached hydrogens (tertiary/aromatic N) is 4. The van der Waals surface area contributed by atoms with E-state index in [1.54, 1.807) is 12.7 Å². The summed E-state index contributed by atoms with van der Waals surface area (Å²) >= 11 is 0. The van der Waals surface area contributed by atoms with Crippen LogP contribution in [0.15, 0.2) is 12.7 Å². The van der Waals surface area contributed by atoms with Crippen LogP contribution in [0.4, 0.5) is 0 Å². The minimum Gasteiger partial charge on any atom is -0.378 e. The van der Waals surface area contributed by atoms with Gasteiger partial charge in [0.1, 0.15) is 12.7 Å². The molecule has 1 amide bonds. The zero-order valence-electron chi connectivity index (χ0n) is 12.5. The molecule has 0 unspecified atom stereocenters. The number of hydrogen-bond acceptors (Lipinski definition) is 4. The Morgan fingerprint density at radius 1 is 1.29 bits per heavy atom. The second-order valence-corrected chi connectivity index (χ2v) is 6.04. The monoisotopic (exact) mass is 292 g/mol. The van der Waals surface area contributed by atoms with Crippen molar-refractivity contribution in [2.24, 2.45) is 0 Å². The minimum atomic E-state index is 0.258. The van der Waals surface area contributed by atoms with Crippen molar-refractivity contribution in [1.29, 1.82) is 0 Å². The largest absolute Gasteiger partial charge is 0.378 e. The third-order valence-corrected chi connectivity index (χ3v) is 4.51. The SMILES string of the molecule is O=C(CC[C@H]1CCCCO1)N1CCC[C@@H](n2cncn2)C1. The van der Waals surface area contributed by atoms with Gasteiger partial charge in [0.05, 0.1) is 12.1 Å². The second-order valence-electron chi connectivity index (χ2n) is 6.04. The fourth-order valence-electron chi connectivity index (χ4n) is 3.28. The zero-order valence-corrected chi connectivity index (χ0v) is 12.5. The van der Waals surface area contributed by atoms with Crippen molar-refractivity contribution in [3.63, 3.8) is 0 Å². The molecule has 0 bridgehead atoms. The summed E-state index contributed by atoms with van der Waals surface area (Å²) in [6.45, 7) is 2.49. The number of ether oxygens (including phenoxy) is 1. The van der Waals surface area contributed by atoms with Crippen LogP contribution in [-0.4, -0.2) is 51.4 Å². The minimum absolute atomic E-state index is 0.258. The van der Waals surface area contributed by atoms with Crippen LogP contribution in [0, 0.1) is 0 Å². The van der Waals surface area contributed by atoms with Gasteiger partial charge in [-0.2, -0.15) is 5.10 Å². The van der Waals surface area contributed by atoms with E-state index in [4.69, 9.17) is 4.74 Å². The Kier molecular flexibility index (Phi) is 4.85. The first-order chi connectivity index (χ1) is 10.3. The number of likely N-dealkylation sites (tertiary alicyclic amines) is 1. The number of rotatable bonds is 4. The molecule has 6 nitrogen and oxygen atoms in total. The fourth-order valence-corrected chi connectivity index (χ4v) is 3.28. The molecule has 116 valence electrons. The molecule has 21 heavy (non-hydrogen) atoms. The van der Waals surface area contributed by atoms with E-state index in [2.05, 4.69) is 10.1 Å². The van der Waals surface area contributed by atoms with Gasteiger partial charge in [-0.3, -0.25) is 4.79 Å². The topological polar surface area (TPSA) is 60.2 Å². The summed E-state index contributed by atoms with van der Waals surface area (Å²) in [6, 6.07) is 0.274. The van der Waals surface area contributed by atoms with E-state index in [-0.39, 0.29) is 11.9 Å². The molecule has 0 saturated carbocycles. The average molecular weight is 292 g/mol. The van der Waals surface area contributed by atoms with Crippen LogP contribution in [0.25, 0.3) is 0 Å². The molecule has 2 saturated heterocycles. The van der Waals surface area contributed by atoms with E-state index >= 15 is 0 Å². The summed E-state index contributed by atoms with van der Waals surface area (Å²) in [5.74, 6) is 0.258. The lowest BCUT2D eigenvalue weighted by Gasteiger charge is -2.33. The quantitative estimate of drug-likeness (QED) is 0.849. The van der Waals surface area contributed by atoms with Gasteiger partial charge in [-0.1, -0.05) is 0 Å². The number of carbonyl (C=O) groups excluding carboxylic acids is 1. The van der Waals surface area contributed by atoms with Crippen LogP contribution in [0.2, 0.25) is 0 Å². The Morgan fingerprint density at radius 2 is 2.24 bits per heavy atom. The Hall–Kier alpha value is -1.43. The summed E-state index contributed by atoms with van der Waals surface area (Å²) < 4.78 is 7.58. The Bertz CT molecular complexity index is 443. The van der Waals surface area contributed by atoms with Crippen molar-refractivity contribution in [1.82, 2.24) is 19.7 Å². The molecule has 1 aromatic heterocycles. The van der Waals surface area contributed by atoms with Gasteiger partial charge in [-0.25, -0.2) is 9.67 Å². The van der Waals surface area contributed by atoms with Crippen LogP contribution in [-0.2, 0) is 9.53 Å². The molecule has 0 aromatic carbocycles. The third-order valence-electron chi connectivity index (χ3n) is 4.51.